The van der Waals surface area contributed by atoms with Gasteiger partial charge in [-0.1, -0.05) is 0 Å². The Hall–Kier alpha value is -1.51. The molecule has 0 atom stereocenters. The van der Waals surface area contributed by atoms with Crippen LogP contribution < -0.4 is 5.32 Å². The molecule has 0 saturated heterocycles. The molecule has 2 heterocycles. The van der Waals surface area contributed by atoms with Gasteiger partial charge in [-0.05, 0) is 24.3 Å². The average Bonchev–Trinajstić information content (AvgIpc) is 2.74. The van der Waals surface area contributed by atoms with E-state index < -0.39 is 0 Å². The Morgan fingerprint density at radius 3 is 3.08 bits per heavy atom. The molecule has 3 heteroatoms. The minimum absolute atomic E-state index is 0.893. The van der Waals surface area contributed by atoms with E-state index in [-0.39, 0.29) is 0 Å². The number of amidine groups is 1. The summed E-state index contributed by atoms with van der Waals surface area (Å²) in [6.07, 6.45) is 5.90. The largest absolute Gasteiger partial charge is 0.369 e. The molecule has 1 aliphatic heterocycles. The van der Waals surface area contributed by atoms with E-state index in [9.17, 15) is 0 Å². The molecule has 12 heavy (non-hydrogen) atoms. The second kappa shape index (κ2) is 3.26. The van der Waals surface area contributed by atoms with Crippen molar-refractivity contribution in [2.24, 2.45) is 4.99 Å². The maximum Gasteiger partial charge on any atom is 0.121 e. The minimum atomic E-state index is 0.893. The fourth-order valence-electron chi connectivity index (χ4n) is 1.14. The van der Waals surface area contributed by atoms with E-state index in [4.69, 9.17) is 0 Å². The van der Waals surface area contributed by atoms with Crippen molar-refractivity contribution >= 4 is 11.9 Å². The zero-order chi connectivity index (χ0) is 8.23. The van der Waals surface area contributed by atoms with Gasteiger partial charge in [0.1, 0.15) is 5.84 Å². The lowest BCUT2D eigenvalue weighted by Gasteiger charge is -1.91. The highest BCUT2D eigenvalue weighted by molar-refractivity contribution is 5.97. The summed E-state index contributed by atoms with van der Waals surface area (Å²) in [5, 5.41) is 3.17. The Morgan fingerprint density at radius 2 is 2.42 bits per heavy atom. The van der Waals surface area contributed by atoms with E-state index >= 15 is 0 Å². The van der Waals surface area contributed by atoms with Crippen molar-refractivity contribution in [1.29, 1.82) is 0 Å². The predicted octanol–water partition coefficient (Wildman–Crippen LogP) is 1.03. The predicted molar refractivity (Wildman–Crippen MR) is 50.1 cm³/mol. The summed E-state index contributed by atoms with van der Waals surface area (Å²) in [6, 6.07) is 4.00. The lowest BCUT2D eigenvalue weighted by molar-refractivity contribution is 0.961. The van der Waals surface area contributed by atoms with E-state index in [1.165, 1.54) is 0 Å². The third-order valence-electron chi connectivity index (χ3n) is 1.74. The quantitative estimate of drug-likeness (QED) is 0.668. The van der Waals surface area contributed by atoms with E-state index in [0.717, 1.165) is 24.6 Å². The highest BCUT2D eigenvalue weighted by Gasteiger charge is 1.98. The first-order valence-electron chi connectivity index (χ1n) is 4.05. The molecule has 1 aromatic rings. The Labute approximate surface area is 71.2 Å². The molecular formula is C9H11N3. The van der Waals surface area contributed by atoms with Crippen molar-refractivity contribution in [2.75, 3.05) is 13.1 Å². The van der Waals surface area contributed by atoms with Gasteiger partial charge in [0, 0.05) is 18.4 Å². The summed E-state index contributed by atoms with van der Waals surface area (Å²) in [7, 11) is 0. The summed E-state index contributed by atoms with van der Waals surface area (Å²) in [5.74, 6) is 0.976. The van der Waals surface area contributed by atoms with E-state index in [1.807, 2.05) is 30.5 Å². The molecule has 0 aromatic carbocycles. The first-order chi connectivity index (χ1) is 5.95. The van der Waals surface area contributed by atoms with E-state index in [2.05, 4.69) is 15.3 Å². The van der Waals surface area contributed by atoms with Crippen LogP contribution in [0.3, 0.4) is 0 Å². The van der Waals surface area contributed by atoms with Gasteiger partial charge >= 0.3 is 0 Å². The Bertz CT molecular complexity index is 296. The van der Waals surface area contributed by atoms with Gasteiger partial charge in [-0.3, -0.25) is 4.99 Å². The van der Waals surface area contributed by atoms with E-state index in [0.29, 0.717) is 0 Å². The van der Waals surface area contributed by atoms with Gasteiger partial charge in [-0.2, -0.15) is 0 Å². The SMILES string of the molecule is C(=C\c1ccc[nH]1)/C1=NCCN1. The fourth-order valence-corrected chi connectivity index (χ4v) is 1.14. The summed E-state index contributed by atoms with van der Waals surface area (Å²) in [5.41, 5.74) is 1.10. The van der Waals surface area contributed by atoms with Crippen LogP contribution in [0.2, 0.25) is 0 Å². The van der Waals surface area contributed by atoms with Crippen molar-refractivity contribution in [3.63, 3.8) is 0 Å². The fraction of sp³-hybridized carbons (Fsp3) is 0.222. The van der Waals surface area contributed by atoms with Gasteiger partial charge in [-0.25, -0.2) is 0 Å². The molecule has 2 rings (SSSR count). The number of aromatic amines is 1. The van der Waals surface area contributed by atoms with Crippen LogP contribution in [0.5, 0.6) is 0 Å². The number of rotatable bonds is 2. The molecule has 0 spiro atoms. The summed E-state index contributed by atoms with van der Waals surface area (Å²) < 4.78 is 0. The molecule has 0 bridgehead atoms. The number of hydrogen-bond donors (Lipinski definition) is 2. The topological polar surface area (TPSA) is 40.2 Å². The zero-order valence-electron chi connectivity index (χ0n) is 6.75. The second-order valence-corrected chi connectivity index (χ2v) is 2.65. The van der Waals surface area contributed by atoms with Crippen LogP contribution in [-0.4, -0.2) is 23.9 Å². The Kier molecular flexibility index (Phi) is 1.94. The minimum Gasteiger partial charge on any atom is -0.369 e. The molecule has 1 aliphatic rings. The van der Waals surface area contributed by atoms with Gasteiger partial charge in [0.25, 0.3) is 0 Å². The first kappa shape index (κ1) is 7.16. The number of aliphatic imine (C=N–C) groups is 1. The number of nitrogens with one attached hydrogen (secondary N) is 2. The zero-order valence-corrected chi connectivity index (χ0v) is 6.75. The second-order valence-electron chi connectivity index (χ2n) is 2.65. The van der Waals surface area contributed by atoms with Crippen LogP contribution >= 0.6 is 0 Å². The normalized spacial score (nSPS) is 16.5. The van der Waals surface area contributed by atoms with Crippen LogP contribution in [-0.2, 0) is 0 Å². The molecular weight excluding hydrogens is 150 g/mol. The van der Waals surface area contributed by atoms with Gasteiger partial charge < -0.3 is 10.3 Å². The molecule has 62 valence electrons. The number of H-pyrrole nitrogens is 1. The monoisotopic (exact) mass is 161 g/mol. The molecule has 0 aliphatic carbocycles. The van der Waals surface area contributed by atoms with Crippen LogP contribution in [0, 0.1) is 0 Å². The van der Waals surface area contributed by atoms with Crippen molar-refractivity contribution in [2.45, 2.75) is 0 Å². The van der Waals surface area contributed by atoms with Crippen LogP contribution in [0.15, 0.2) is 29.4 Å². The smallest absolute Gasteiger partial charge is 0.121 e. The molecule has 0 amide bonds. The van der Waals surface area contributed by atoms with Crippen LogP contribution in [0.1, 0.15) is 5.69 Å². The van der Waals surface area contributed by atoms with Crippen LogP contribution in [0.4, 0.5) is 0 Å². The highest BCUT2D eigenvalue weighted by atomic mass is 15.1. The number of aromatic nitrogens is 1. The average molecular weight is 161 g/mol. The maximum atomic E-state index is 4.24. The standard InChI is InChI=1S/C9H11N3/c1-2-8(10-5-1)3-4-9-11-6-7-12-9/h1-5,10H,6-7H2,(H,11,12)/b4-3+. The van der Waals surface area contributed by atoms with Gasteiger partial charge in [0.2, 0.25) is 0 Å². The third-order valence-corrected chi connectivity index (χ3v) is 1.74. The van der Waals surface area contributed by atoms with Gasteiger partial charge in [0.15, 0.2) is 0 Å². The first-order valence-corrected chi connectivity index (χ1v) is 4.05. The molecule has 0 unspecified atom stereocenters. The van der Waals surface area contributed by atoms with Crippen molar-refractivity contribution in [1.82, 2.24) is 10.3 Å². The highest BCUT2D eigenvalue weighted by Crippen LogP contribution is 1.98. The Morgan fingerprint density at radius 1 is 1.42 bits per heavy atom. The maximum absolute atomic E-state index is 4.24. The lowest BCUT2D eigenvalue weighted by Crippen LogP contribution is -2.15. The third kappa shape index (κ3) is 1.56. The summed E-state index contributed by atoms with van der Waals surface area (Å²) in [4.78, 5) is 7.33. The number of hydrogen-bond acceptors (Lipinski definition) is 2. The Balaban J connectivity index is 2.02. The molecule has 0 saturated carbocycles. The van der Waals surface area contributed by atoms with Gasteiger partial charge in [0.05, 0.1) is 6.54 Å². The van der Waals surface area contributed by atoms with Crippen molar-refractivity contribution in [3.8, 4) is 0 Å². The molecule has 0 fully saturated rings. The molecule has 3 nitrogen and oxygen atoms in total. The summed E-state index contributed by atoms with van der Waals surface area (Å²) in [6.45, 7) is 1.86. The summed E-state index contributed by atoms with van der Waals surface area (Å²) >= 11 is 0. The van der Waals surface area contributed by atoms with Gasteiger partial charge in [-0.15, -0.1) is 0 Å². The van der Waals surface area contributed by atoms with Crippen molar-refractivity contribution < 1.29 is 0 Å². The molecule has 2 N–H and O–H groups in total. The molecule has 0 radical (unpaired) electrons. The molecule has 1 aromatic heterocycles. The van der Waals surface area contributed by atoms with Crippen LogP contribution in [0.25, 0.3) is 6.08 Å². The lowest BCUT2D eigenvalue weighted by atomic mass is 10.3. The number of nitrogens with zero attached hydrogens (tertiary/aromatic N) is 1. The van der Waals surface area contributed by atoms with E-state index in [1.54, 1.807) is 0 Å². The van der Waals surface area contributed by atoms with Crippen molar-refractivity contribution in [3.05, 3.63) is 30.1 Å².